The largest absolute Gasteiger partial charge is 0.497 e. The first-order valence-electron chi connectivity index (χ1n) is 8.40. The lowest BCUT2D eigenvalue weighted by atomic mass is 10.1. The van der Waals surface area contributed by atoms with Gasteiger partial charge in [-0.1, -0.05) is 0 Å². The molecule has 1 amide bonds. The lowest BCUT2D eigenvalue weighted by Crippen LogP contribution is -2.32. The van der Waals surface area contributed by atoms with E-state index in [4.69, 9.17) is 9.47 Å². The molecule has 1 aromatic carbocycles. The molecule has 134 valence electrons. The van der Waals surface area contributed by atoms with Gasteiger partial charge in [0.25, 0.3) is 11.7 Å². The Morgan fingerprint density at radius 1 is 1.19 bits per heavy atom. The van der Waals surface area contributed by atoms with Gasteiger partial charge in [-0.2, -0.15) is 14.6 Å². The lowest BCUT2D eigenvalue weighted by Gasteiger charge is -2.26. The topological polar surface area (TPSA) is 81.9 Å². The van der Waals surface area contributed by atoms with Gasteiger partial charge in [0.15, 0.2) is 0 Å². The lowest BCUT2D eigenvalue weighted by molar-refractivity contribution is 0.0728. The second kappa shape index (κ2) is 6.62. The molecule has 0 N–H and O–H groups in total. The highest BCUT2D eigenvalue weighted by molar-refractivity contribution is 5.97. The van der Waals surface area contributed by atoms with E-state index in [-0.39, 0.29) is 11.9 Å². The quantitative estimate of drug-likeness (QED) is 0.715. The summed E-state index contributed by atoms with van der Waals surface area (Å²) in [7, 11) is 3.13. The number of amides is 1. The summed E-state index contributed by atoms with van der Waals surface area (Å²) in [6, 6.07) is 7.04. The first kappa shape index (κ1) is 16.3. The number of nitrogens with zero attached hydrogens (tertiary/aromatic N) is 5. The fourth-order valence-corrected chi connectivity index (χ4v) is 3.46. The number of methoxy groups -OCH3 is 2. The molecule has 0 bridgehead atoms. The molecule has 3 heterocycles. The summed E-state index contributed by atoms with van der Waals surface area (Å²) in [6.07, 6.45) is 4.96. The third-order valence-corrected chi connectivity index (χ3v) is 4.70. The number of benzene rings is 1. The Bertz CT molecular complexity index is 955. The van der Waals surface area contributed by atoms with Crippen molar-refractivity contribution in [3.63, 3.8) is 0 Å². The second-order valence-corrected chi connectivity index (χ2v) is 6.06. The Balaban J connectivity index is 1.71. The van der Waals surface area contributed by atoms with Crippen LogP contribution in [-0.4, -0.2) is 51.2 Å². The van der Waals surface area contributed by atoms with Gasteiger partial charge in [-0.15, -0.1) is 0 Å². The Labute approximate surface area is 150 Å². The van der Waals surface area contributed by atoms with Crippen LogP contribution in [0.15, 0.2) is 36.8 Å². The van der Waals surface area contributed by atoms with E-state index in [0.717, 1.165) is 18.5 Å². The molecule has 0 radical (unpaired) electrons. The summed E-state index contributed by atoms with van der Waals surface area (Å²) in [6.45, 7) is 0.678. The Kier molecular flexibility index (Phi) is 4.16. The van der Waals surface area contributed by atoms with Crippen LogP contribution >= 0.6 is 0 Å². The van der Waals surface area contributed by atoms with Crippen molar-refractivity contribution < 1.29 is 14.3 Å². The van der Waals surface area contributed by atoms with Crippen molar-refractivity contribution in [3.05, 3.63) is 48.0 Å². The third kappa shape index (κ3) is 2.63. The first-order valence-corrected chi connectivity index (χ1v) is 8.40. The maximum absolute atomic E-state index is 13.2. The van der Waals surface area contributed by atoms with Crippen molar-refractivity contribution in [2.24, 2.45) is 0 Å². The van der Waals surface area contributed by atoms with Gasteiger partial charge >= 0.3 is 0 Å². The molecule has 2 aromatic heterocycles. The normalized spacial score (nSPS) is 16.8. The average Bonchev–Trinajstić information content (AvgIpc) is 3.35. The molecular formula is C18H19N5O3. The molecule has 1 aliphatic heterocycles. The molecule has 1 saturated heterocycles. The van der Waals surface area contributed by atoms with E-state index in [1.54, 1.807) is 43.1 Å². The molecule has 0 spiro atoms. The highest BCUT2D eigenvalue weighted by Crippen LogP contribution is 2.35. The highest BCUT2D eigenvalue weighted by atomic mass is 16.5. The Hall–Kier alpha value is -3.16. The summed E-state index contributed by atoms with van der Waals surface area (Å²) in [5.41, 5.74) is 1.43. The van der Waals surface area contributed by atoms with Crippen LogP contribution in [0.2, 0.25) is 0 Å². The van der Waals surface area contributed by atoms with Crippen LogP contribution in [0, 0.1) is 0 Å². The van der Waals surface area contributed by atoms with Gasteiger partial charge < -0.3 is 14.4 Å². The molecule has 0 unspecified atom stereocenters. The summed E-state index contributed by atoms with van der Waals surface area (Å²) in [5.74, 6) is 1.61. The molecule has 8 heteroatoms. The van der Waals surface area contributed by atoms with Crippen LogP contribution in [-0.2, 0) is 0 Å². The number of hydrogen-bond donors (Lipinski definition) is 0. The van der Waals surface area contributed by atoms with Crippen LogP contribution in [0.4, 0.5) is 0 Å². The third-order valence-electron chi connectivity index (χ3n) is 4.70. The molecule has 1 aliphatic rings. The van der Waals surface area contributed by atoms with Crippen molar-refractivity contribution in [1.29, 1.82) is 0 Å². The van der Waals surface area contributed by atoms with Gasteiger partial charge in [0.2, 0.25) is 0 Å². The molecule has 4 rings (SSSR count). The molecule has 1 fully saturated rings. The summed E-state index contributed by atoms with van der Waals surface area (Å²) in [5, 5.41) is 4.25. The van der Waals surface area contributed by atoms with Crippen LogP contribution in [0.25, 0.3) is 5.78 Å². The molecule has 1 atom stereocenters. The van der Waals surface area contributed by atoms with Crippen molar-refractivity contribution in [1.82, 2.24) is 24.5 Å². The van der Waals surface area contributed by atoms with Gasteiger partial charge in [-0.05, 0) is 31.0 Å². The molecule has 0 aliphatic carbocycles. The van der Waals surface area contributed by atoms with E-state index in [1.807, 2.05) is 11.0 Å². The van der Waals surface area contributed by atoms with Crippen LogP contribution in [0.3, 0.4) is 0 Å². The Morgan fingerprint density at radius 3 is 2.88 bits per heavy atom. The van der Waals surface area contributed by atoms with E-state index in [0.29, 0.717) is 29.4 Å². The number of aromatic nitrogens is 4. The second-order valence-electron chi connectivity index (χ2n) is 6.06. The van der Waals surface area contributed by atoms with Crippen LogP contribution in [0.1, 0.15) is 34.9 Å². The molecule has 8 nitrogen and oxygen atoms in total. The van der Waals surface area contributed by atoms with E-state index >= 15 is 0 Å². The van der Waals surface area contributed by atoms with Crippen LogP contribution in [0.5, 0.6) is 11.5 Å². The van der Waals surface area contributed by atoms with Crippen molar-refractivity contribution in [2.75, 3.05) is 20.8 Å². The zero-order valence-corrected chi connectivity index (χ0v) is 14.6. The highest BCUT2D eigenvalue weighted by Gasteiger charge is 2.33. The summed E-state index contributed by atoms with van der Waals surface area (Å²) < 4.78 is 12.3. The van der Waals surface area contributed by atoms with E-state index < -0.39 is 0 Å². The Morgan fingerprint density at radius 2 is 2.08 bits per heavy atom. The number of hydrogen-bond acceptors (Lipinski definition) is 6. The minimum absolute atomic E-state index is 0.0721. The summed E-state index contributed by atoms with van der Waals surface area (Å²) in [4.78, 5) is 23.4. The number of carbonyl (C=O) groups is 1. The van der Waals surface area contributed by atoms with Gasteiger partial charge in [0, 0.05) is 18.8 Å². The monoisotopic (exact) mass is 353 g/mol. The van der Waals surface area contributed by atoms with E-state index in [1.165, 1.54) is 6.33 Å². The number of likely N-dealkylation sites (tertiary alicyclic amines) is 1. The predicted octanol–water partition coefficient (Wildman–Crippen LogP) is 2.12. The van der Waals surface area contributed by atoms with Gasteiger partial charge in [0.1, 0.15) is 17.8 Å². The van der Waals surface area contributed by atoms with Gasteiger partial charge in [-0.3, -0.25) is 4.79 Å². The van der Waals surface area contributed by atoms with Crippen molar-refractivity contribution in [3.8, 4) is 11.5 Å². The molecule has 0 saturated carbocycles. The molecule has 3 aromatic rings. The van der Waals surface area contributed by atoms with Crippen LogP contribution < -0.4 is 9.47 Å². The molecule has 26 heavy (non-hydrogen) atoms. The molecular weight excluding hydrogens is 334 g/mol. The predicted molar refractivity (Wildman–Crippen MR) is 93.3 cm³/mol. The van der Waals surface area contributed by atoms with Gasteiger partial charge in [0.05, 0.1) is 31.5 Å². The fourth-order valence-electron chi connectivity index (χ4n) is 3.46. The minimum atomic E-state index is -0.0819. The smallest absolute Gasteiger partial charge is 0.258 e. The zero-order valence-electron chi connectivity index (χ0n) is 14.6. The standard InChI is InChI=1S/C18H19N5O3/c1-25-12-5-6-13(16(10-12)26-2)17(24)22-9-3-4-14(22)15-7-8-19-18-20-11-21-23(15)18/h5-8,10-11,14H,3-4,9H2,1-2H3/t14-/m1/s1. The maximum Gasteiger partial charge on any atom is 0.258 e. The van der Waals surface area contributed by atoms with Gasteiger partial charge in [-0.25, -0.2) is 4.98 Å². The van der Waals surface area contributed by atoms with Crippen molar-refractivity contribution >= 4 is 11.7 Å². The van der Waals surface area contributed by atoms with Crippen molar-refractivity contribution in [2.45, 2.75) is 18.9 Å². The zero-order chi connectivity index (χ0) is 18.1. The minimum Gasteiger partial charge on any atom is -0.497 e. The number of carbonyl (C=O) groups excluding carboxylic acids is 1. The maximum atomic E-state index is 13.2. The summed E-state index contributed by atoms with van der Waals surface area (Å²) >= 11 is 0. The number of ether oxygens (including phenoxy) is 2. The number of fused-ring (bicyclic) bond motifs is 1. The number of rotatable bonds is 4. The first-order chi connectivity index (χ1) is 12.7. The fraction of sp³-hybridized carbons (Fsp3) is 0.333. The average molecular weight is 353 g/mol. The SMILES string of the molecule is COc1ccc(C(=O)N2CCC[C@@H]2c2ccnc3ncnn23)c(OC)c1. The van der Waals surface area contributed by atoms with E-state index in [2.05, 4.69) is 15.1 Å². The van der Waals surface area contributed by atoms with E-state index in [9.17, 15) is 4.79 Å².